The lowest BCUT2D eigenvalue weighted by Gasteiger charge is -2.20. The Labute approximate surface area is 89.5 Å². The summed E-state index contributed by atoms with van der Waals surface area (Å²) in [4.78, 5) is 6.49. The van der Waals surface area contributed by atoms with Crippen LogP contribution < -0.4 is 4.90 Å². The van der Waals surface area contributed by atoms with Crippen LogP contribution in [0.2, 0.25) is 0 Å². The number of ether oxygens (including phenoxy) is 1. The first-order chi connectivity index (χ1) is 7.40. The Balaban J connectivity index is 2.00. The predicted molar refractivity (Wildman–Crippen MR) is 57.9 cm³/mol. The summed E-state index contributed by atoms with van der Waals surface area (Å²) in [6.07, 6.45) is 2.64. The van der Waals surface area contributed by atoms with Gasteiger partial charge in [0.15, 0.2) is 0 Å². The molecule has 82 valence electrons. The van der Waals surface area contributed by atoms with Crippen LogP contribution in [0.3, 0.4) is 0 Å². The number of hydrogen-bond acceptors (Lipinski definition) is 4. The van der Waals surface area contributed by atoms with E-state index >= 15 is 0 Å². The van der Waals surface area contributed by atoms with Crippen molar-refractivity contribution < 1.29 is 9.84 Å². The molecule has 4 nitrogen and oxygen atoms in total. The zero-order valence-electron chi connectivity index (χ0n) is 8.67. The van der Waals surface area contributed by atoms with Gasteiger partial charge >= 0.3 is 0 Å². The van der Waals surface area contributed by atoms with Gasteiger partial charge in [0.2, 0.25) is 0 Å². The lowest BCUT2D eigenvalue weighted by Crippen LogP contribution is -2.26. The van der Waals surface area contributed by atoms with Crippen LogP contribution in [-0.2, 0) is 4.74 Å². The van der Waals surface area contributed by atoms with Gasteiger partial charge in [-0.1, -0.05) is 6.07 Å². The Kier molecular flexibility index (Phi) is 3.53. The predicted octanol–water partition coefficient (Wildman–Crippen LogP) is 0.669. The highest BCUT2D eigenvalue weighted by Gasteiger charge is 2.17. The van der Waals surface area contributed by atoms with Gasteiger partial charge in [0, 0.05) is 19.3 Å². The Morgan fingerprint density at radius 2 is 2.40 bits per heavy atom. The smallest absolute Gasteiger partial charge is 0.128 e. The lowest BCUT2D eigenvalue weighted by molar-refractivity contribution is 0.0222. The lowest BCUT2D eigenvalue weighted by atomic mass is 10.2. The molecule has 1 unspecified atom stereocenters. The van der Waals surface area contributed by atoms with Gasteiger partial charge in [-0.25, -0.2) is 4.98 Å². The fraction of sp³-hybridized carbons (Fsp3) is 0.545. The van der Waals surface area contributed by atoms with E-state index in [1.54, 1.807) is 6.20 Å². The van der Waals surface area contributed by atoms with Crippen molar-refractivity contribution in [2.24, 2.45) is 0 Å². The van der Waals surface area contributed by atoms with Crippen molar-refractivity contribution in [2.45, 2.75) is 12.5 Å². The highest BCUT2D eigenvalue weighted by Crippen LogP contribution is 2.13. The summed E-state index contributed by atoms with van der Waals surface area (Å²) < 4.78 is 5.48. The Hall–Kier alpha value is -1.13. The quantitative estimate of drug-likeness (QED) is 0.776. The maximum atomic E-state index is 9.01. The highest BCUT2D eigenvalue weighted by molar-refractivity contribution is 5.37. The van der Waals surface area contributed by atoms with Crippen molar-refractivity contribution in [3.63, 3.8) is 0 Å². The van der Waals surface area contributed by atoms with Crippen LogP contribution in [-0.4, -0.2) is 42.5 Å². The molecule has 4 heteroatoms. The number of anilines is 1. The molecule has 1 saturated heterocycles. The van der Waals surface area contributed by atoms with Gasteiger partial charge < -0.3 is 14.7 Å². The molecule has 0 radical (unpaired) electrons. The average Bonchev–Trinajstić information content (AvgIpc) is 2.55. The van der Waals surface area contributed by atoms with Crippen LogP contribution in [0.4, 0.5) is 5.82 Å². The van der Waals surface area contributed by atoms with Crippen LogP contribution >= 0.6 is 0 Å². The highest BCUT2D eigenvalue weighted by atomic mass is 16.5. The third-order valence-electron chi connectivity index (χ3n) is 2.61. The van der Waals surface area contributed by atoms with Crippen molar-refractivity contribution >= 4 is 5.82 Å². The molecule has 0 saturated carbocycles. The standard InChI is InChI=1S/C11H16N2O2/c14-9-10-4-6-13(7-8-15-10)11-3-1-2-5-12-11/h1-3,5,10,14H,4,6-9H2. The Morgan fingerprint density at radius 1 is 1.47 bits per heavy atom. The number of pyridine rings is 1. The normalized spacial score (nSPS) is 22.5. The zero-order chi connectivity index (χ0) is 10.5. The fourth-order valence-electron chi connectivity index (χ4n) is 1.74. The molecule has 0 spiro atoms. The minimum Gasteiger partial charge on any atom is -0.394 e. The molecule has 2 rings (SSSR count). The van der Waals surface area contributed by atoms with Gasteiger partial charge in [0.05, 0.1) is 19.3 Å². The molecule has 1 atom stereocenters. The SMILES string of the molecule is OCC1CCN(c2ccccn2)CCO1. The topological polar surface area (TPSA) is 45.6 Å². The Morgan fingerprint density at radius 3 is 3.13 bits per heavy atom. The summed E-state index contributed by atoms with van der Waals surface area (Å²) in [5, 5.41) is 9.01. The summed E-state index contributed by atoms with van der Waals surface area (Å²) in [5.41, 5.74) is 0. The fourth-order valence-corrected chi connectivity index (χ4v) is 1.74. The maximum absolute atomic E-state index is 9.01. The second kappa shape index (κ2) is 5.09. The van der Waals surface area contributed by atoms with Gasteiger partial charge in [0.25, 0.3) is 0 Å². The summed E-state index contributed by atoms with van der Waals surface area (Å²) in [6, 6.07) is 5.89. The number of aliphatic hydroxyl groups is 1. The number of aromatic nitrogens is 1. The van der Waals surface area contributed by atoms with Gasteiger partial charge in [-0.3, -0.25) is 0 Å². The van der Waals surface area contributed by atoms with Crippen molar-refractivity contribution in [3.05, 3.63) is 24.4 Å². The third kappa shape index (κ3) is 2.67. The molecule has 1 N–H and O–H groups in total. The summed E-state index contributed by atoms with van der Waals surface area (Å²) in [7, 11) is 0. The number of nitrogens with zero attached hydrogens (tertiary/aromatic N) is 2. The van der Waals surface area contributed by atoms with Crippen molar-refractivity contribution in [2.75, 3.05) is 31.2 Å². The molecule has 1 fully saturated rings. The van der Waals surface area contributed by atoms with Gasteiger partial charge in [-0.15, -0.1) is 0 Å². The van der Waals surface area contributed by atoms with Crippen molar-refractivity contribution in [1.82, 2.24) is 4.98 Å². The van der Waals surface area contributed by atoms with E-state index in [0.717, 1.165) is 25.3 Å². The molecular weight excluding hydrogens is 192 g/mol. The van der Waals surface area contributed by atoms with Crippen LogP contribution in [0.1, 0.15) is 6.42 Å². The summed E-state index contributed by atoms with van der Waals surface area (Å²) >= 11 is 0. The monoisotopic (exact) mass is 208 g/mol. The first-order valence-corrected chi connectivity index (χ1v) is 5.28. The molecule has 0 aromatic carbocycles. The molecule has 2 heterocycles. The van der Waals surface area contributed by atoms with Crippen LogP contribution in [0, 0.1) is 0 Å². The molecule has 0 amide bonds. The molecular formula is C11H16N2O2. The largest absolute Gasteiger partial charge is 0.394 e. The molecule has 1 aromatic heterocycles. The first-order valence-electron chi connectivity index (χ1n) is 5.28. The average molecular weight is 208 g/mol. The molecule has 1 aliphatic heterocycles. The van der Waals surface area contributed by atoms with Gasteiger partial charge in [0.1, 0.15) is 5.82 Å². The maximum Gasteiger partial charge on any atom is 0.128 e. The molecule has 15 heavy (non-hydrogen) atoms. The first kappa shape index (κ1) is 10.4. The van der Waals surface area contributed by atoms with E-state index in [-0.39, 0.29) is 12.7 Å². The Bertz CT molecular complexity index is 292. The number of aliphatic hydroxyl groups excluding tert-OH is 1. The van der Waals surface area contributed by atoms with Crippen LogP contribution in [0.5, 0.6) is 0 Å². The van der Waals surface area contributed by atoms with Crippen LogP contribution in [0.15, 0.2) is 24.4 Å². The van der Waals surface area contributed by atoms with E-state index in [9.17, 15) is 0 Å². The second-order valence-electron chi connectivity index (χ2n) is 3.64. The minimum absolute atomic E-state index is 0.0151. The number of hydrogen-bond donors (Lipinski definition) is 1. The third-order valence-corrected chi connectivity index (χ3v) is 2.61. The zero-order valence-corrected chi connectivity index (χ0v) is 8.67. The molecule has 1 aromatic rings. The van der Waals surface area contributed by atoms with Crippen molar-refractivity contribution in [1.29, 1.82) is 0 Å². The van der Waals surface area contributed by atoms with E-state index in [2.05, 4.69) is 9.88 Å². The molecule has 1 aliphatic rings. The van der Waals surface area contributed by atoms with E-state index in [1.165, 1.54) is 0 Å². The van der Waals surface area contributed by atoms with E-state index < -0.39 is 0 Å². The van der Waals surface area contributed by atoms with Gasteiger partial charge in [-0.05, 0) is 18.6 Å². The van der Waals surface area contributed by atoms with E-state index in [4.69, 9.17) is 9.84 Å². The van der Waals surface area contributed by atoms with E-state index in [0.29, 0.717) is 6.61 Å². The molecule has 0 bridgehead atoms. The minimum atomic E-state index is -0.0151. The molecule has 0 aliphatic carbocycles. The summed E-state index contributed by atoms with van der Waals surface area (Å²) in [6.45, 7) is 2.49. The van der Waals surface area contributed by atoms with Crippen molar-refractivity contribution in [3.8, 4) is 0 Å². The second-order valence-corrected chi connectivity index (χ2v) is 3.64. The van der Waals surface area contributed by atoms with E-state index in [1.807, 2.05) is 18.2 Å². The van der Waals surface area contributed by atoms with Gasteiger partial charge in [-0.2, -0.15) is 0 Å². The number of rotatable bonds is 2. The summed E-state index contributed by atoms with van der Waals surface area (Å²) in [5.74, 6) is 0.986. The van der Waals surface area contributed by atoms with Crippen LogP contribution in [0.25, 0.3) is 0 Å².